The summed E-state index contributed by atoms with van der Waals surface area (Å²) in [7, 11) is 0. The molecule has 0 saturated carbocycles. The van der Waals surface area contributed by atoms with Gasteiger partial charge in [0, 0.05) is 16.5 Å². The summed E-state index contributed by atoms with van der Waals surface area (Å²) in [5, 5.41) is 2.00. The first-order valence-electron chi connectivity index (χ1n) is 4.61. The van der Waals surface area contributed by atoms with E-state index in [0.29, 0.717) is 0 Å². The number of rotatable bonds is 2. The van der Waals surface area contributed by atoms with Crippen LogP contribution in [0.4, 0.5) is 0 Å². The smallest absolute Gasteiger partial charge is 0.0620 e. The Labute approximate surface area is 116 Å². The minimum atomic E-state index is -2.20. The minimum Gasteiger partial charge on any atom is -0.0620 e. The summed E-state index contributed by atoms with van der Waals surface area (Å²) in [5.74, 6) is -2.20. The van der Waals surface area contributed by atoms with Gasteiger partial charge in [-0.1, -0.05) is 36.4 Å². The van der Waals surface area contributed by atoms with Gasteiger partial charge in [0.1, 0.15) is 33.1 Å². The number of benzene rings is 2. The molecular formula is C12H10Cl2NiP+. The third-order valence-electron chi connectivity index (χ3n) is 2.16. The topological polar surface area (TPSA) is 0 Å². The molecule has 2 rings (SSSR count). The first kappa shape index (κ1) is 14.0. The SMILES string of the molecule is Cl[P+](Cl)(c1ccccc1)c1ccccc1.[Ni]. The van der Waals surface area contributed by atoms with Crippen LogP contribution in [0.3, 0.4) is 0 Å². The molecular weight excluding hydrogens is 305 g/mol. The first-order valence-corrected chi connectivity index (χ1v) is 8.21. The molecule has 0 aliphatic heterocycles. The standard InChI is InChI=1S/C12H10Cl2P.Ni/c13-15(14,11-7-3-1-4-8-11)12-9-5-2-6-10-12;/h1-10H;/q+1;. The third-order valence-corrected chi connectivity index (χ3v) is 6.40. The van der Waals surface area contributed by atoms with Crippen molar-refractivity contribution in [3.8, 4) is 0 Å². The van der Waals surface area contributed by atoms with E-state index in [0.717, 1.165) is 10.6 Å². The quantitative estimate of drug-likeness (QED) is 0.581. The first-order chi connectivity index (χ1) is 7.21. The molecule has 0 N–H and O–H groups in total. The van der Waals surface area contributed by atoms with E-state index in [4.69, 9.17) is 22.5 Å². The van der Waals surface area contributed by atoms with Gasteiger partial charge in [0.15, 0.2) is 0 Å². The largest absolute Gasteiger partial charge is 0.275 e. The molecule has 0 aliphatic rings. The van der Waals surface area contributed by atoms with Crippen LogP contribution in [0.1, 0.15) is 0 Å². The van der Waals surface area contributed by atoms with E-state index in [1.807, 2.05) is 60.7 Å². The summed E-state index contributed by atoms with van der Waals surface area (Å²) >= 11 is 12.9. The molecule has 0 atom stereocenters. The molecule has 0 bridgehead atoms. The molecule has 0 aliphatic carbocycles. The maximum Gasteiger partial charge on any atom is 0.275 e. The molecule has 0 fully saturated rings. The molecule has 0 nitrogen and oxygen atoms in total. The maximum absolute atomic E-state index is 6.46. The van der Waals surface area contributed by atoms with Crippen LogP contribution in [0.25, 0.3) is 0 Å². The summed E-state index contributed by atoms with van der Waals surface area (Å²) in [5.41, 5.74) is 0. The van der Waals surface area contributed by atoms with Crippen LogP contribution in [-0.2, 0) is 16.5 Å². The fourth-order valence-corrected chi connectivity index (χ4v) is 4.12. The van der Waals surface area contributed by atoms with Gasteiger partial charge in [0.2, 0.25) is 0 Å². The van der Waals surface area contributed by atoms with E-state index in [9.17, 15) is 0 Å². The van der Waals surface area contributed by atoms with Gasteiger partial charge < -0.3 is 0 Å². The van der Waals surface area contributed by atoms with Gasteiger partial charge in [0.25, 0.3) is 5.97 Å². The van der Waals surface area contributed by atoms with Crippen molar-refractivity contribution in [1.82, 2.24) is 0 Å². The zero-order chi connectivity index (χ0) is 10.7. The van der Waals surface area contributed by atoms with Crippen LogP contribution in [-0.4, -0.2) is 0 Å². The van der Waals surface area contributed by atoms with Crippen LogP contribution in [0, 0.1) is 0 Å². The molecule has 0 heterocycles. The van der Waals surface area contributed by atoms with Crippen molar-refractivity contribution >= 4 is 39.1 Å². The van der Waals surface area contributed by atoms with E-state index in [-0.39, 0.29) is 16.5 Å². The van der Waals surface area contributed by atoms with Crippen LogP contribution < -0.4 is 10.6 Å². The maximum atomic E-state index is 6.46. The molecule has 16 heavy (non-hydrogen) atoms. The third kappa shape index (κ3) is 2.99. The Kier molecular flexibility index (Phi) is 5.28. The molecule has 86 valence electrons. The summed E-state index contributed by atoms with van der Waals surface area (Å²) < 4.78 is 0. The minimum absolute atomic E-state index is 0. The fraction of sp³-hybridized carbons (Fsp3) is 0. The zero-order valence-corrected chi connectivity index (χ0v) is 11.7. The zero-order valence-electron chi connectivity index (χ0n) is 8.29. The molecule has 0 radical (unpaired) electrons. The summed E-state index contributed by atoms with van der Waals surface area (Å²) in [6, 6.07) is 19.6. The Hall–Kier alpha value is -0.0565. The van der Waals surface area contributed by atoms with Gasteiger partial charge in [0.05, 0.1) is 0 Å². The van der Waals surface area contributed by atoms with Crippen molar-refractivity contribution in [2.75, 3.05) is 0 Å². The molecule has 0 amide bonds. The van der Waals surface area contributed by atoms with E-state index in [2.05, 4.69) is 0 Å². The summed E-state index contributed by atoms with van der Waals surface area (Å²) in [4.78, 5) is 0. The van der Waals surface area contributed by atoms with Crippen molar-refractivity contribution in [2.24, 2.45) is 0 Å². The van der Waals surface area contributed by atoms with Crippen molar-refractivity contribution in [3.63, 3.8) is 0 Å². The predicted molar refractivity (Wildman–Crippen MR) is 70.8 cm³/mol. The van der Waals surface area contributed by atoms with Crippen LogP contribution in [0.2, 0.25) is 0 Å². The van der Waals surface area contributed by atoms with Crippen molar-refractivity contribution in [3.05, 3.63) is 60.7 Å². The van der Waals surface area contributed by atoms with Crippen molar-refractivity contribution in [2.45, 2.75) is 0 Å². The van der Waals surface area contributed by atoms with Gasteiger partial charge >= 0.3 is 0 Å². The van der Waals surface area contributed by atoms with Gasteiger partial charge in [-0.05, 0) is 24.3 Å². The van der Waals surface area contributed by atoms with Crippen LogP contribution in [0.15, 0.2) is 60.7 Å². The van der Waals surface area contributed by atoms with Gasteiger partial charge in [-0.25, -0.2) is 0 Å². The predicted octanol–water partition coefficient (Wildman–Crippen LogP) is 3.96. The Morgan fingerprint density at radius 2 is 0.938 bits per heavy atom. The second-order valence-electron chi connectivity index (χ2n) is 3.18. The van der Waals surface area contributed by atoms with Gasteiger partial charge in [-0.15, -0.1) is 0 Å². The Balaban J connectivity index is 0.00000128. The van der Waals surface area contributed by atoms with E-state index in [1.54, 1.807) is 0 Å². The van der Waals surface area contributed by atoms with Gasteiger partial charge in [-0.3, -0.25) is 0 Å². The average molecular weight is 315 g/mol. The average Bonchev–Trinajstić information content (AvgIpc) is 2.31. The Bertz CT molecular complexity index is 390. The fourth-order valence-electron chi connectivity index (χ4n) is 1.38. The molecule has 4 heteroatoms. The summed E-state index contributed by atoms with van der Waals surface area (Å²) in [6.07, 6.45) is 0. The Morgan fingerprint density at radius 1 is 0.625 bits per heavy atom. The number of hydrogen-bond acceptors (Lipinski definition) is 0. The van der Waals surface area contributed by atoms with Gasteiger partial charge in [-0.2, -0.15) is 0 Å². The van der Waals surface area contributed by atoms with Crippen molar-refractivity contribution in [1.29, 1.82) is 0 Å². The van der Waals surface area contributed by atoms with E-state index >= 15 is 0 Å². The molecule has 0 unspecified atom stereocenters. The van der Waals surface area contributed by atoms with Crippen LogP contribution >= 0.6 is 28.4 Å². The second-order valence-corrected chi connectivity index (χ2v) is 8.81. The Morgan fingerprint density at radius 3 is 1.25 bits per heavy atom. The number of hydrogen-bond donors (Lipinski definition) is 0. The molecule has 0 spiro atoms. The monoisotopic (exact) mass is 313 g/mol. The van der Waals surface area contributed by atoms with Crippen LogP contribution in [0.5, 0.6) is 0 Å². The van der Waals surface area contributed by atoms with E-state index < -0.39 is 5.97 Å². The molecule has 2 aromatic carbocycles. The van der Waals surface area contributed by atoms with E-state index in [1.165, 1.54) is 0 Å². The molecule has 0 aromatic heterocycles. The number of halogens is 2. The van der Waals surface area contributed by atoms with Crippen molar-refractivity contribution < 1.29 is 16.5 Å². The molecule has 2 aromatic rings. The molecule has 0 saturated heterocycles. The second kappa shape index (κ2) is 6.03. The normalized spacial score (nSPS) is 10.6. The summed E-state index contributed by atoms with van der Waals surface area (Å²) in [6.45, 7) is 0.